The van der Waals surface area contributed by atoms with Crippen molar-refractivity contribution >= 4 is 41.5 Å². The van der Waals surface area contributed by atoms with Crippen LogP contribution in [0.1, 0.15) is 108 Å². The van der Waals surface area contributed by atoms with E-state index in [2.05, 4.69) is 12.3 Å². The highest BCUT2D eigenvalue weighted by atomic mass is 16.7. The van der Waals surface area contributed by atoms with Crippen LogP contribution in [0.3, 0.4) is 0 Å². The van der Waals surface area contributed by atoms with Gasteiger partial charge in [-0.25, -0.2) is 9.59 Å². The van der Waals surface area contributed by atoms with E-state index < -0.39 is 41.5 Å². The van der Waals surface area contributed by atoms with Gasteiger partial charge in [-0.2, -0.15) is 5.06 Å². The van der Waals surface area contributed by atoms with Crippen LogP contribution in [0.25, 0.3) is 0 Å². The second-order valence-electron chi connectivity index (χ2n) is 12.7. The van der Waals surface area contributed by atoms with Crippen molar-refractivity contribution in [3.63, 3.8) is 0 Å². The number of carbonyl (C=O) groups excluding carboxylic acids is 5. The zero-order valence-corrected chi connectivity index (χ0v) is 30.9. The van der Waals surface area contributed by atoms with Crippen LogP contribution >= 0.6 is 0 Å². The van der Waals surface area contributed by atoms with Crippen molar-refractivity contribution in [3.8, 4) is 12.3 Å². The number of ether oxygens (including phenoxy) is 5. The Labute approximate surface area is 337 Å². The third-order valence-electron chi connectivity index (χ3n) is 8.34. The van der Waals surface area contributed by atoms with E-state index >= 15 is 0 Å². The van der Waals surface area contributed by atoms with Crippen molar-refractivity contribution in [2.45, 2.75) is 111 Å². The lowest BCUT2D eigenvalue weighted by Gasteiger charge is -2.22. The Morgan fingerprint density at radius 2 is 1.35 bits per heavy atom. The summed E-state index contributed by atoms with van der Waals surface area (Å²) in [5, 5.41) is 26.0. The molecule has 4 amide bonds. The molecule has 7 heterocycles. The number of carbonyl (C=O) groups is 7. The number of hydrogen-bond acceptors (Lipinski definition) is 14. The van der Waals surface area contributed by atoms with Gasteiger partial charge in [0.25, 0.3) is 23.6 Å². The molecule has 0 aromatic rings. The topological polar surface area (TPSA) is 242 Å². The molecule has 18 heteroatoms. The van der Waals surface area contributed by atoms with Gasteiger partial charge < -0.3 is 38.7 Å². The number of hydrogen-bond donors (Lipinski definition) is 3. The van der Waals surface area contributed by atoms with Crippen LogP contribution < -0.4 is 0 Å². The first-order chi connectivity index (χ1) is 26.9. The standard InChI is InChI=1S/C10H13NO5.C6H10O3.C6H8O3.C6H8O.C5H8O.C4H5NO3.2CH4.H2/c12-8-3-4-9(13)11(8)16-10(14)7-2-1-5-15-6-7;2*7-6(8)5-2-1-3-9-4-5;1-2-6-4-3-5-7-6;1-2-4-6-5-3-1;6-3-1-2-4(7)5(3)8;;;/h7H,1-6H2;5H,1-4H2,(H,7,8);4H,1-3H2,(H,7,8);1,6H,3-5H2;2,4H,1,3,5H2;8H,1-2H2;2*1H4;1H/i;;;1D;;;;;. The Kier molecular flexibility index (Phi) is 26.7. The van der Waals surface area contributed by atoms with Crippen LogP contribution in [0.4, 0.5) is 0 Å². The van der Waals surface area contributed by atoms with E-state index in [-0.39, 0.29) is 65.0 Å². The summed E-state index contributed by atoms with van der Waals surface area (Å²) in [6, 6.07) is 0. The van der Waals surface area contributed by atoms with Crippen LogP contribution in [0.2, 0.25) is 0 Å². The predicted octanol–water partition coefficient (Wildman–Crippen LogP) is 4.44. The van der Waals surface area contributed by atoms with Gasteiger partial charge in [0.05, 0.1) is 56.4 Å². The van der Waals surface area contributed by atoms with Gasteiger partial charge in [0.2, 0.25) is 0 Å². The monoisotopic (exact) mass is 815 g/mol. The molecule has 7 rings (SSSR count). The Bertz CT molecular complexity index is 1390. The summed E-state index contributed by atoms with van der Waals surface area (Å²) in [7, 11) is 0. The minimum absolute atomic E-state index is 0. The summed E-state index contributed by atoms with van der Waals surface area (Å²) in [4.78, 5) is 79.7. The Balaban J connectivity index is 0. The average Bonchev–Trinajstić information content (AvgIpc) is 3.95. The first-order valence-electron chi connectivity index (χ1n) is 18.8. The lowest BCUT2D eigenvalue weighted by atomic mass is 10.0. The van der Waals surface area contributed by atoms with Gasteiger partial charge in [-0.15, -0.1) is 11.5 Å². The fourth-order valence-corrected chi connectivity index (χ4v) is 5.15. The smallest absolute Gasteiger partial charge is 0.338 e. The molecule has 0 spiro atoms. The number of amides is 4. The summed E-state index contributed by atoms with van der Waals surface area (Å²) in [6.45, 7) is 4.45. The van der Waals surface area contributed by atoms with Crippen molar-refractivity contribution in [3.05, 3.63) is 24.2 Å². The number of rotatable bonds is 4. The minimum Gasteiger partial charge on any atom is -0.502 e. The molecule has 5 fully saturated rings. The fourth-order valence-electron chi connectivity index (χ4n) is 5.15. The molecule has 0 aromatic carbocycles. The Morgan fingerprint density at radius 3 is 1.68 bits per heavy atom. The summed E-state index contributed by atoms with van der Waals surface area (Å²) < 4.78 is 31.4. The SMILES string of the molecule is C.C.C1=COCCC1.O=C(O)C1=COCCC1.O=C(O)C1CCCOC1.O=C(ON1C(=O)CCC1=O)C1CCCOC1.O=C1CCC(=O)N1O.[2H]C#CC1CCCO1.[HH]. The van der Waals surface area contributed by atoms with Gasteiger partial charge in [0.1, 0.15) is 7.47 Å². The molecule has 3 atom stereocenters. The highest BCUT2D eigenvalue weighted by molar-refractivity contribution is 6.01. The summed E-state index contributed by atoms with van der Waals surface area (Å²) >= 11 is 0. The summed E-state index contributed by atoms with van der Waals surface area (Å²) in [5.74, 6) is -2.03. The normalized spacial score (nSPS) is 23.3. The third-order valence-corrected chi connectivity index (χ3v) is 8.34. The van der Waals surface area contributed by atoms with Crippen molar-refractivity contribution < 1.29 is 80.3 Å². The summed E-state index contributed by atoms with van der Waals surface area (Å²) in [6.07, 6.45) is 16.9. The molecule has 5 saturated heterocycles. The van der Waals surface area contributed by atoms with Crippen molar-refractivity contribution in [1.82, 2.24) is 10.1 Å². The molecule has 3 N–H and O–H groups in total. The van der Waals surface area contributed by atoms with E-state index in [1.165, 1.54) is 19.1 Å². The van der Waals surface area contributed by atoms with E-state index in [4.69, 9.17) is 45.3 Å². The molecule has 7 aliphatic heterocycles. The number of imide groups is 2. The minimum atomic E-state index is -0.866. The Hall–Kier alpha value is -4.83. The van der Waals surface area contributed by atoms with E-state index in [0.717, 1.165) is 58.3 Å². The van der Waals surface area contributed by atoms with Crippen LogP contribution in [0, 0.1) is 24.2 Å². The molecule has 57 heavy (non-hydrogen) atoms. The molecule has 3 unspecified atom stereocenters. The number of carboxylic acids is 2. The lowest BCUT2D eigenvalue weighted by Crippen LogP contribution is -2.36. The van der Waals surface area contributed by atoms with Gasteiger partial charge >= 0.3 is 17.9 Å². The molecule has 0 bridgehead atoms. The maximum Gasteiger partial charge on any atom is 0.338 e. The van der Waals surface area contributed by atoms with Crippen LogP contribution in [0.15, 0.2) is 24.2 Å². The van der Waals surface area contributed by atoms with E-state index in [1.807, 2.05) is 6.08 Å². The first-order valence-corrected chi connectivity index (χ1v) is 18.3. The first kappa shape index (κ1) is 50.2. The maximum absolute atomic E-state index is 11.6. The number of hydroxylamine groups is 4. The lowest BCUT2D eigenvalue weighted by molar-refractivity contribution is -0.202. The quantitative estimate of drug-likeness (QED) is 0.202. The molecule has 0 saturated carbocycles. The maximum atomic E-state index is 11.6. The largest absolute Gasteiger partial charge is 0.502 e. The van der Waals surface area contributed by atoms with Gasteiger partial charge in [-0.1, -0.05) is 20.8 Å². The van der Waals surface area contributed by atoms with Crippen LogP contribution in [-0.4, -0.2) is 119 Å². The zero-order chi connectivity index (χ0) is 41.1. The number of allylic oxidation sites excluding steroid dienone is 1. The molecule has 7 aliphatic rings. The molecule has 0 aromatic heterocycles. The van der Waals surface area contributed by atoms with E-state index in [9.17, 15) is 33.6 Å². The highest BCUT2D eigenvalue weighted by Gasteiger charge is 2.35. The van der Waals surface area contributed by atoms with Crippen molar-refractivity contribution in [2.24, 2.45) is 11.8 Å². The van der Waals surface area contributed by atoms with Gasteiger partial charge in [-0.05, 0) is 70.3 Å². The van der Waals surface area contributed by atoms with Crippen molar-refractivity contribution in [1.29, 1.82) is 0 Å². The molecule has 324 valence electrons. The number of carboxylic acid groups (broad SMARTS) is 2. The second-order valence-corrected chi connectivity index (χ2v) is 12.7. The molecular weight excluding hydrogens is 752 g/mol. The fraction of sp³-hybridized carbons (Fsp3) is 0.667. The number of nitrogens with zero attached hydrogens (tertiary/aromatic N) is 2. The summed E-state index contributed by atoms with van der Waals surface area (Å²) in [5.41, 5.74) is 0.376. The van der Waals surface area contributed by atoms with Crippen LogP contribution in [-0.2, 0) is 62.1 Å². The molecule has 18 nitrogen and oxygen atoms in total. The van der Waals surface area contributed by atoms with Gasteiger partial charge in [0.15, 0.2) is 0 Å². The van der Waals surface area contributed by atoms with Crippen LogP contribution in [0.5, 0.6) is 0 Å². The Morgan fingerprint density at radius 1 is 0.772 bits per heavy atom. The van der Waals surface area contributed by atoms with E-state index in [1.54, 1.807) is 6.26 Å². The van der Waals surface area contributed by atoms with Gasteiger partial charge in [0, 0.05) is 46.9 Å². The molecule has 0 radical (unpaired) electrons. The van der Waals surface area contributed by atoms with E-state index in [0.29, 0.717) is 49.9 Å². The predicted molar refractivity (Wildman–Crippen MR) is 203 cm³/mol. The zero-order valence-electron chi connectivity index (χ0n) is 31.9. The molecule has 0 aliphatic carbocycles. The average molecular weight is 816 g/mol. The third kappa shape index (κ3) is 21.3. The molecular formula is C39H62N2O16. The second kappa shape index (κ2) is 30.3. The number of terminal acetylenes is 1. The van der Waals surface area contributed by atoms with Crippen molar-refractivity contribution in [2.75, 3.05) is 46.2 Å². The highest BCUT2D eigenvalue weighted by Crippen LogP contribution is 2.19. The number of aliphatic carboxylic acids is 2. The van der Waals surface area contributed by atoms with Gasteiger partial charge in [-0.3, -0.25) is 29.2 Å².